The second-order valence-electron chi connectivity index (χ2n) is 3.20. The standard InChI is InChI=1S/C7H8Cl2O7P2/c8-4-1-2-6(5(9)3-4)16-7(17(10,11)12)18(13,14)15/h1-3,7H,(H2,10,11,12)(H2,13,14,15). The summed E-state index contributed by atoms with van der Waals surface area (Å²) in [5, 5.41) is 0.102. The number of rotatable bonds is 4. The number of halogens is 2. The van der Waals surface area contributed by atoms with Gasteiger partial charge in [0, 0.05) is 5.02 Å². The monoisotopic (exact) mass is 336 g/mol. The summed E-state index contributed by atoms with van der Waals surface area (Å²) in [6.07, 6.45) is 0. The summed E-state index contributed by atoms with van der Waals surface area (Å²) in [5.74, 6) is -0.294. The number of benzene rings is 1. The van der Waals surface area contributed by atoms with Crippen LogP contribution in [-0.2, 0) is 9.13 Å². The predicted molar refractivity (Wildman–Crippen MR) is 65.0 cm³/mol. The van der Waals surface area contributed by atoms with Crippen molar-refractivity contribution in [2.75, 3.05) is 0 Å². The van der Waals surface area contributed by atoms with Crippen LogP contribution >= 0.6 is 38.4 Å². The minimum atomic E-state index is -5.17. The molecule has 0 aromatic heterocycles. The van der Waals surface area contributed by atoms with E-state index < -0.39 is 20.8 Å². The third kappa shape index (κ3) is 4.23. The molecule has 0 saturated carbocycles. The lowest BCUT2D eigenvalue weighted by atomic mass is 10.3. The van der Waals surface area contributed by atoms with Gasteiger partial charge < -0.3 is 24.3 Å². The lowest BCUT2D eigenvalue weighted by molar-refractivity contribution is 0.236. The predicted octanol–water partition coefficient (Wildman–Crippen LogP) is 2.01. The first-order chi connectivity index (χ1) is 8.01. The minimum Gasteiger partial charge on any atom is -0.464 e. The highest BCUT2D eigenvalue weighted by Gasteiger charge is 2.46. The van der Waals surface area contributed by atoms with E-state index in [1.807, 2.05) is 0 Å². The van der Waals surface area contributed by atoms with Crippen LogP contribution in [0, 0.1) is 0 Å². The molecule has 0 heterocycles. The molecule has 0 saturated heterocycles. The fourth-order valence-corrected chi connectivity index (χ4v) is 3.54. The molecular weight excluding hydrogens is 329 g/mol. The first kappa shape index (κ1) is 16.0. The third-order valence-electron chi connectivity index (χ3n) is 1.70. The average molecular weight is 337 g/mol. The molecule has 0 unspecified atom stereocenters. The maximum atomic E-state index is 11.0. The Morgan fingerprint density at radius 3 is 1.94 bits per heavy atom. The fraction of sp³-hybridized carbons (Fsp3) is 0.143. The largest absolute Gasteiger partial charge is 0.464 e. The van der Waals surface area contributed by atoms with E-state index in [0.717, 1.165) is 6.07 Å². The van der Waals surface area contributed by atoms with Gasteiger partial charge >= 0.3 is 15.2 Å². The molecule has 1 rings (SSSR count). The smallest absolute Gasteiger partial charge is 0.378 e. The third-order valence-corrected chi connectivity index (χ3v) is 5.40. The summed E-state index contributed by atoms with van der Waals surface area (Å²) in [6, 6.07) is 3.64. The zero-order chi connectivity index (χ0) is 14.1. The van der Waals surface area contributed by atoms with Crippen molar-refractivity contribution in [3.8, 4) is 5.75 Å². The van der Waals surface area contributed by atoms with E-state index in [9.17, 15) is 9.13 Å². The van der Waals surface area contributed by atoms with Gasteiger partial charge in [0.05, 0.1) is 5.02 Å². The van der Waals surface area contributed by atoms with Crippen molar-refractivity contribution < 1.29 is 33.4 Å². The molecule has 0 fully saturated rings. The van der Waals surface area contributed by atoms with E-state index in [1.165, 1.54) is 12.1 Å². The Morgan fingerprint density at radius 1 is 1.06 bits per heavy atom. The van der Waals surface area contributed by atoms with Gasteiger partial charge in [0.2, 0.25) is 0 Å². The van der Waals surface area contributed by atoms with Crippen molar-refractivity contribution in [2.24, 2.45) is 0 Å². The Kier molecular flexibility index (Phi) is 4.87. The molecule has 0 amide bonds. The van der Waals surface area contributed by atoms with E-state index in [-0.39, 0.29) is 15.8 Å². The molecule has 0 aliphatic carbocycles. The van der Waals surface area contributed by atoms with Crippen molar-refractivity contribution in [3.05, 3.63) is 28.2 Å². The van der Waals surface area contributed by atoms with Crippen LogP contribution in [0.2, 0.25) is 10.0 Å². The van der Waals surface area contributed by atoms with Crippen LogP contribution in [0.15, 0.2) is 18.2 Å². The van der Waals surface area contributed by atoms with Gasteiger partial charge in [-0.3, -0.25) is 9.13 Å². The van der Waals surface area contributed by atoms with Crippen LogP contribution < -0.4 is 4.74 Å². The molecular formula is C7H8Cl2O7P2. The van der Waals surface area contributed by atoms with Gasteiger partial charge in [0.25, 0.3) is 5.59 Å². The molecule has 0 radical (unpaired) electrons. The van der Waals surface area contributed by atoms with Crippen LogP contribution in [-0.4, -0.2) is 25.2 Å². The topological polar surface area (TPSA) is 124 Å². The molecule has 0 spiro atoms. The van der Waals surface area contributed by atoms with Crippen LogP contribution in [0.4, 0.5) is 0 Å². The van der Waals surface area contributed by atoms with Crippen molar-refractivity contribution in [1.29, 1.82) is 0 Å². The van der Waals surface area contributed by atoms with Crippen molar-refractivity contribution in [1.82, 2.24) is 0 Å². The van der Waals surface area contributed by atoms with Gasteiger partial charge in [-0.15, -0.1) is 0 Å². The Hall–Kier alpha value is -0.100. The summed E-state index contributed by atoms with van der Waals surface area (Å²) >= 11 is 11.2. The summed E-state index contributed by atoms with van der Waals surface area (Å²) in [7, 11) is -10.3. The van der Waals surface area contributed by atoms with Crippen LogP contribution in [0.1, 0.15) is 0 Å². The number of ether oxygens (including phenoxy) is 1. The van der Waals surface area contributed by atoms with Crippen LogP contribution in [0.5, 0.6) is 5.75 Å². The van der Waals surface area contributed by atoms with Crippen molar-refractivity contribution in [3.63, 3.8) is 0 Å². The highest BCUT2D eigenvalue weighted by Crippen LogP contribution is 2.60. The average Bonchev–Trinajstić information content (AvgIpc) is 2.12. The van der Waals surface area contributed by atoms with E-state index in [1.54, 1.807) is 0 Å². The molecule has 18 heavy (non-hydrogen) atoms. The highest BCUT2D eigenvalue weighted by atomic mass is 35.5. The van der Waals surface area contributed by atoms with E-state index >= 15 is 0 Å². The van der Waals surface area contributed by atoms with E-state index in [2.05, 4.69) is 4.74 Å². The van der Waals surface area contributed by atoms with Crippen LogP contribution in [0.25, 0.3) is 0 Å². The van der Waals surface area contributed by atoms with Crippen molar-refractivity contribution >= 4 is 38.4 Å². The lowest BCUT2D eigenvalue weighted by Crippen LogP contribution is -2.17. The Bertz CT molecular complexity index is 515. The van der Waals surface area contributed by atoms with Gasteiger partial charge in [-0.05, 0) is 18.2 Å². The van der Waals surface area contributed by atoms with E-state index in [0.29, 0.717) is 0 Å². The molecule has 1 aromatic carbocycles. The zero-order valence-corrected chi connectivity index (χ0v) is 11.8. The Morgan fingerprint density at radius 2 is 1.56 bits per heavy atom. The molecule has 0 aliphatic rings. The van der Waals surface area contributed by atoms with E-state index in [4.69, 9.17) is 42.8 Å². The highest BCUT2D eigenvalue weighted by molar-refractivity contribution is 7.70. The molecule has 102 valence electrons. The second-order valence-corrected chi connectivity index (χ2v) is 7.74. The number of hydrogen-bond donors (Lipinski definition) is 4. The second kappa shape index (κ2) is 5.49. The fourth-order valence-electron chi connectivity index (χ4n) is 1.02. The Balaban J connectivity index is 3.13. The maximum Gasteiger partial charge on any atom is 0.378 e. The summed E-state index contributed by atoms with van der Waals surface area (Å²) in [4.78, 5) is 35.4. The lowest BCUT2D eigenvalue weighted by Gasteiger charge is -2.21. The van der Waals surface area contributed by atoms with Gasteiger partial charge in [0.15, 0.2) is 0 Å². The number of hydrogen-bond acceptors (Lipinski definition) is 3. The molecule has 0 bridgehead atoms. The molecule has 7 nitrogen and oxygen atoms in total. The van der Waals surface area contributed by atoms with Gasteiger partial charge in [-0.1, -0.05) is 23.2 Å². The maximum absolute atomic E-state index is 11.0. The quantitative estimate of drug-likeness (QED) is 0.620. The zero-order valence-electron chi connectivity index (χ0n) is 8.47. The molecule has 4 N–H and O–H groups in total. The van der Waals surface area contributed by atoms with Gasteiger partial charge in [0.1, 0.15) is 5.75 Å². The molecule has 11 heteroatoms. The Labute approximate surface area is 112 Å². The summed E-state index contributed by atoms with van der Waals surface area (Å²) in [6.45, 7) is 0. The van der Waals surface area contributed by atoms with Gasteiger partial charge in [-0.25, -0.2) is 0 Å². The van der Waals surface area contributed by atoms with Crippen LogP contribution in [0.3, 0.4) is 0 Å². The summed E-state index contributed by atoms with van der Waals surface area (Å²) < 4.78 is 26.5. The minimum absolute atomic E-state index is 0.130. The molecule has 1 aromatic rings. The van der Waals surface area contributed by atoms with Crippen molar-refractivity contribution in [2.45, 2.75) is 5.59 Å². The molecule has 0 atom stereocenters. The van der Waals surface area contributed by atoms with Gasteiger partial charge in [-0.2, -0.15) is 0 Å². The molecule has 0 aliphatic heterocycles. The summed E-state index contributed by atoms with van der Waals surface area (Å²) in [5.41, 5.74) is -2.61. The first-order valence-corrected chi connectivity index (χ1v) is 8.36. The SMILES string of the molecule is O=P(O)(O)C(Oc1ccc(Cl)cc1Cl)P(=O)(O)O. The normalized spacial score (nSPS) is 12.8. The first-order valence-electron chi connectivity index (χ1n) is 4.24.